The zero-order valence-electron chi connectivity index (χ0n) is 18.4. The van der Waals surface area contributed by atoms with Crippen molar-refractivity contribution in [3.63, 3.8) is 0 Å². The van der Waals surface area contributed by atoms with E-state index in [1.165, 1.54) is 55.6 Å². The van der Waals surface area contributed by atoms with Crippen LogP contribution in [0.4, 0.5) is 0 Å². The molecule has 160 valence electrons. The summed E-state index contributed by atoms with van der Waals surface area (Å²) >= 11 is 0. The Bertz CT molecular complexity index is 852. The number of rotatable bonds is 7. The number of carbonyl (C=O) groups is 1. The molecular weight excluding hydrogens is 370 g/mol. The molecule has 3 fully saturated rings. The lowest BCUT2D eigenvalue weighted by atomic mass is 9.67. The van der Waals surface area contributed by atoms with Crippen molar-refractivity contribution in [2.75, 3.05) is 26.3 Å². The Hall–Kier alpha value is -2.17. The van der Waals surface area contributed by atoms with Gasteiger partial charge < -0.3 is 16.0 Å². The molecule has 0 radical (unpaired) electrons. The number of amides is 1. The van der Waals surface area contributed by atoms with Gasteiger partial charge in [-0.1, -0.05) is 62.4 Å². The van der Waals surface area contributed by atoms with Gasteiger partial charge in [0.1, 0.15) is 0 Å². The van der Waals surface area contributed by atoms with Gasteiger partial charge in [-0.2, -0.15) is 0 Å². The van der Waals surface area contributed by atoms with E-state index in [9.17, 15) is 4.79 Å². The van der Waals surface area contributed by atoms with Gasteiger partial charge in [-0.25, -0.2) is 0 Å². The lowest BCUT2D eigenvalue weighted by Crippen LogP contribution is -2.50. The first-order valence-corrected chi connectivity index (χ1v) is 11.4. The molecule has 2 aromatic carbocycles. The minimum atomic E-state index is -0.168. The highest BCUT2D eigenvalue weighted by Gasteiger charge is 2.40. The fourth-order valence-electron chi connectivity index (χ4n) is 5.30. The van der Waals surface area contributed by atoms with E-state index in [0.717, 1.165) is 12.0 Å². The first kappa shape index (κ1) is 21.1. The van der Waals surface area contributed by atoms with Crippen molar-refractivity contribution in [3.05, 3.63) is 59.7 Å². The molecule has 5 rings (SSSR count). The first-order valence-electron chi connectivity index (χ1n) is 11.4. The summed E-state index contributed by atoms with van der Waals surface area (Å²) < 4.78 is 0. The summed E-state index contributed by atoms with van der Waals surface area (Å²) in [4.78, 5) is 15.2. The Morgan fingerprint density at radius 1 is 1.03 bits per heavy atom. The fourth-order valence-corrected chi connectivity index (χ4v) is 5.30. The van der Waals surface area contributed by atoms with Crippen molar-refractivity contribution in [2.45, 2.75) is 50.9 Å². The highest BCUT2D eigenvalue weighted by Crippen LogP contribution is 2.43. The van der Waals surface area contributed by atoms with Crippen LogP contribution in [0, 0.1) is 5.92 Å². The second-order valence-corrected chi connectivity index (χ2v) is 9.50. The van der Waals surface area contributed by atoms with E-state index >= 15 is 0 Å². The van der Waals surface area contributed by atoms with Gasteiger partial charge in [-0.15, -0.1) is 0 Å². The van der Waals surface area contributed by atoms with Crippen LogP contribution < -0.4 is 11.1 Å². The molecule has 2 bridgehead atoms. The number of fused-ring (bicyclic) bond motifs is 3. The fraction of sp³-hybridized carbons (Fsp3) is 0.500. The maximum Gasteiger partial charge on any atom is 0.228 e. The molecule has 4 heteroatoms. The van der Waals surface area contributed by atoms with Crippen molar-refractivity contribution in [3.8, 4) is 11.1 Å². The van der Waals surface area contributed by atoms with E-state index < -0.39 is 0 Å². The van der Waals surface area contributed by atoms with E-state index in [1.807, 2.05) is 0 Å². The molecule has 1 atom stereocenters. The smallest absolute Gasteiger partial charge is 0.228 e. The van der Waals surface area contributed by atoms with Crippen molar-refractivity contribution < 1.29 is 4.79 Å². The summed E-state index contributed by atoms with van der Waals surface area (Å²) in [7, 11) is 0. The molecule has 0 aliphatic carbocycles. The SMILES string of the molecule is CC(C)C[C@@H](C(=O)NCN)c1cccc(-c2ccc(C34CCN(CC3)CC4)cc2)c1. The van der Waals surface area contributed by atoms with Crippen molar-refractivity contribution in [2.24, 2.45) is 11.7 Å². The molecule has 0 spiro atoms. The number of carbonyl (C=O) groups excluding carboxylic acids is 1. The highest BCUT2D eigenvalue weighted by molar-refractivity contribution is 5.84. The second kappa shape index (κ2) is 8.91. The van der Waals surface area contributed by atoms with Crippen LogP contribution in [0.1, 0.15) is 56.6 Å². The third-order valence-electron chi connectivity index (χ3n) is 7.14. The molecule has 3 heterocycles. The van der Waals surface area contributed by atoms with E-state index in [1.54, 1.807) is 0 Å². The number of benzene rings is 2. The third-order valence-corrected chi connectivity index (χ3v) is 7.14. The summed E-state index contributed by atoms with van der Waals surface area (Å²) in [5, 5.41) is 2.80. The van der Waals surface area contributed by atoms with Crippen LogP contribution >= 0.6 is 0 Å². The van der Waals surface area contributed by atoms with Gasteiger partial charge in [0.15, 0.2) is 0 Å². The lowest BCUT2D eigenvalue weighted by Gasteiger charge is -2.49. The molecule has 0 saturated carbocycles. The standard InChI is InChI=1S/C26H35N3O/c1-19(2)16-24(25(30)28-18-27)22-5-3-4-21(17-22)20-6-8-23(9-7-20)26-10-13-29(14-11-26)15-12-26/h3-9,17,19,24H,10-16,18,27H2,1-2H3,(H,28,30)/t24-/m1/s1. The number of nitrogens with two attached hydrogens (primary N) is 1. The van der Waals surface area contributed by atoms with Crippen LogP contribution in [0.15, 0.2) is 48.5 Å². The number of nitrogens with one attached hydrogen (secondary N) is 1. The monoisotopic (exact) mass is 405 g/mol. The van der Waals surface area contributed by atoms with Gasteiger partial charge >= 0.3 is 0 Å². The molecule has 2 aromatic rings. The number of hydrogen-bond acceptors (Lipinski definition) is 3. The Morgan fingerprint density at radius 2 is 1.70 bits per heavy atom. The Morgan fingerprint density at radius 3 is 2.30 bits per heavy atom. The van der Waals surface area contributed by atoms with Crippen LogP contribution in [-0.2, 0) is 10.2 Å². The van der Waals surface area contributed by atoms with E-state index in [2.05, 4.69) is 72.6 Å². The Balaban J connectivity index is 1.58. The summed E-state index contributed by atoms with van der Waals surface area (Å²) in [5.74, 6) is 0.281. The van der Waals surface area contributed by atoms with Crippen molar-refractivity contribution in [1.82, 2.24) is 10.2 Å². The Labute approximate surface area is 180 Å². The van der Waals surface area contributed by atoms with Crippen LogP contribution in [0.2, 0.25) is 0 Å². The summed E-state index contributed by atoms with van der Waals surface area (Å²) in [6.07, 6.45) is 4.67. The molecule has 0 unspecified atom stereocenters. The number of hydrogen-bond donors (Lipinski definition) is 2. The van der Waals surface area contributed by atoms with Crippen LogP contribution in [-0.4, -0.2) is 37.1 Å². The number of nitrogens with zero attached hydrogens (tertiary/aromatic N) is 1. The predicted octanol–water partition coefficient (Wildman–Crippen LogP) is 4.25. The van der Waals surface area contributed by atoms with Crippen molar-refractivity contribution in [1.29, 1.82) is 0 Å². The van der Waals surface area contributed by atoms with Gasteiger partial charge in [0.25, 0.3) is 0 Å². The van der Waals surface area contributed by atoms with E-state index in [0.29, 0.717) is 11.3 Å². The summed E-state index contributed by atoms with van der Waals surface area (Å²) in [6.45, 7) is 8.21. The zero-order valence-corrected chi connectivity index (χ0v) is 18.4. The molecule has 1 amide bonds. The molecule has 30 heavy (non-hydrogen) atoms. The maximum atomic E-state index is 12.6. The predicted molar refractivity (Wildman–Crippen MR) is 123 cm³/mol. The molecule has 0 aromatic heterocycles. The molecule has 3 aliphatic heterocycles. The van der Waals surface area contributed by atoms with Gasteiger partial charge in [0, 0.05) is 0 Å². The average molecular weight is 406 g/mol. The first-order chi connectivity index (χ1) is 14.5. The maximum absolute atomic E-state index is 12.6. The number of piperidine rings is 3. The molecule has 4 nitrogen and oxygen atoms in total. The normalized spacial score (nSPS) is 24.1. The van der Waals surface area contributed by atoms with Gasteiger partial charge in [0.05, 0.1) is 12.6 Å². The minimum Gasteiger partial charge on any atom is -0.343 e. The van der Waals surface area contributed by atoms with Crippen LogP contribution in [0.3, 0.4) is 0 Å². The van der Waals surface area contributed by atoms with Gasteiger partial charge in [-0.3, -0.25) is 4.79 Å². The molecule has 3 N–H and O–H groups in total. The molecule has 3 aliphatic rings. The quantitative estimate of drug-likeness (QED) is 0.677. The average Bonchev–Trinajstić information content (AvgIpc) is 2.79. The third kappa shape index (κ3) is 4.30. The zero-order chi connectivity index (χ0) is 21.1. The van der Waals surface area contributed by atoms with E-state index in [-0.39, 0.29) is 18.5 Å². The van der Waals surface area contributed by atoms with Crippen molar-refractivity contribution >= 4 is 5.91 Å². The highest BCUT2D eigenvalue weighted by atomic mass is 16.1. The molecule has 3 saturated heterocycles. The lowest BCUT2D eigenvalue weighted by molar-refractivity contribution is -0.122. The Kier molecular flexibility index (Phi) is 6.26. The minimum absolute atomic E-state index is 0.0152. The topological polar surface area (TPSA) is 58.4 Å². The largest absolute Gasteiger partial charge is 0.343 e. The van der Waals surface area contributed by atoms with Gasteiger partial charge in [-0.05, 0) is 78.9 Å². The summed E-state index contributed by atoms with van der Waals surface area (Å²) in [5.41, 5.74) is 10.9. The molecular formula is C26H35N3O. The second-order valence-electron chi connectivity index (χ2n) is 9.50. The van der Waals surface area contributed by atoms with Gasteiger partial charge in [0.2, 0.25) is 5.91 Å². The van der Waals surface area contributed by atoms with Crippen LogP contribution in [0.5, 0.6) is 0 Å². The van der Waals surface area contributed by atoms with E-state index in [4.69, 9.17) is 5.73 Å². The van der Waals surface area contributed by atoms with Crippen LogP contribution in [0.25, 0.3) is 11.1 Å². The summed E-state index contributed by atoms with van der Waals surface area (Å²) in [6, 6.07) is 17.7.